The maximum Gasteiger partial charge on any atom is 0.261 e. The second-order valence-corrected chi connectivity index (χ2v) is 8.16. The average Bonchev–Trinajstić information content (AvgIpc) is 2.73. The molecule has 0 radical (unpaired) electrons. The molecule has 0 saturated heterocycles. The number of aryl methyl sites for hydroxylation is 1. The van der Waals surface area contributed by atoms with Crippen LogP contribution >= 0.6 is 15.9 Å². The molecule has 0 spiro atoms. The van der Waals surface area contributed by atoms with Gasteiger partial charge >= 0.3 is 0 Å². The number of benzene rings is 2. The summed E-state index contributed by atoms with van der Waals surface area (Å²) in [6.45, 7) is 7.14. The van der Waals surface area contributed by atoms with E-state index in [9.17, 15) is 14.0 Å². The highest BCUT2D eigenvalue weighted by molar-refractivity contribution is 9.10. The van der Waals surface area contributed by atoms with Crippen LogP contribution in [0.1, 0.15) is 38.3 Å². The van der Waals surface area contributed by atoms with Gasteiger partial charge in [-0.05, 0) is 57.0 Å². The molecule has 0 aromatic heterocycles. The standard InChI is InChI=1S/C23H28BrFN2O3/c1-5-16(3)26-23(29)17(4)27(13-18-8-6-7-9-21(18)25)22(28)14-30-19-10-11-20(24)15(2)12-19/h6-12,16-17H,5,13-14H2,1-4H3,(H,26,29)/t16-,17-/m1/s1. The minimum Gasteiger partial charge on any atom is -0.484 e. The third-order valence-corrected chi connectivity index (χ3v) is 5.85. The summed E-state index contributed by atoms with van der Waals surface area (Å²) in [4.78, 5) is 27.0. The van der Waals surface area contributed by atoms with E-state index in [0.717, 1.165) is 16.5 Å². The second-order valence-electron chi connectivity index (χ2n) is 7.31. The molecule has 5 nitrogen and oxygen atoms in total. The third-order valence-electron chi connectivity index (χ3n) is 4.96. The van der Waals surface area contributed by atoms with Crippen LogP contribution in [-0.4, -0.2) is 35.4 Å². The number of carbonyl (C=O) groups is 2. The lowest BCUT2D eigenvalue weighted by Crippen LogP contribution is -2.50. The molecule has 0 saturated carbocycles. The van der Waals surface area contributed by atoms with E-state index >= 15 is 0 Å². The number of hydrogen-bond acceptors (Lipinski definition) is 3. The Morgan fingerprint density at radius 3 is 2.53 bits per heavy atom. The van der Waals surface area contributed by atoms with Crippen LogP contribution in [0.25, 0.3) is 0 Å². The Morgan fingerprint density at radius 1 is 1.20 bits per heavy atom. The van der Waals surface area contributed by atoms with Crippen LogP contribution < -0.4 is 10.1 Å². The van der Waals surface area contributed by atoms with Gasteiger partial charge in [-0.25, -0.2) is 4.39 Å². The van der Waals surface area contributed by atoms with Crippen molar-refractivity contribution in [3.63, 3.8) is 0 Å². The predicted octanol–water partition coefficient (Wildman–Crippen LogP) is 4.61. The molecule has 7 heteroatoms. The first-order valence-corrected chi connectivity index (χ1v) is 10.7. The Kier molecular flexibility index (Phi) is 8.84. The van der Waals surface area contributed by atoms with E-state index < -0.39 is 17.8 Å². The van der Waals surface area contributed by atoms with Gasteiger partial charge in [0.05, 0.1) is 0 Å². The van der Waals surface area contributed by atoms with Crippen molar-refractivity contribution in [2.24, 2.45) is 0 Å². The monoisotopic (exact) mass is 478 g/mol. The van der Waals surface area contributed by atoms with Gasteiger partial charge in [0.2, 0.25) is 5.91 Å². The first-order valence-electron chi connectivity index (χ1n) is 9.95. The summed E-state index contributed by atoms with van der Waals surface area (Å²) in [5.41, 5.74) is 1.32. The van der Waals surface area contributed by atoms with Gasteiger partial charge < -0.3 is 15.0 Å². The minimum absolute atomic E-state index is 0.0210. The molecule has 2 amide bonds. The molecule has 1 N–H and O–H groups in total. The lowest BCUT2D eigenvalue weighted by atomic mass is 10.1. The molecule has 30 heavy (non-hydrogen) atoms. The first-order chi connectivity index (χ1) is 14.2. The Bertz CT molecular complexity index is 891. The Balaban J connectivity index is 2.18. The summed E-state index contributed by atoms with van der Waals surface area (Å²) in [6, 6.07) is 10.8. The zero-order valence-electron chi connectivity index (χ0n) is 17.7. The minimum atomic E-state index is -0.777. The van der Waals surface area contributed by atoms with Gasteiger partial charge in [-0.3, -0.25) is 9.59 Å². The quantitative estimate of drug-likeness (QED) is 0.572. The van der Waals surface area contributed by atoms with Crippen molar-refractivity contribution < 1.29 is 18.7 Å². The van der Waals surface area contributed by atoms with E-state index in [-0.39, 0.29) is 25.1 Å². The first kappa shape index (κ1) is 23.9. The van der Waals surface area contributed by atoms with Gasteiger partial charge in [0, 0.05) is 22.6 Å². The topological polar surface area (TPSA) is 58.6 Å². The van der Waals surface area contributed by atoms with Crippen LogP contribution in [0.15, 0.2) is 46.9 Å². The molecule has 0 unspecified atom stereocenters. The summed E-state index contributed by atoms with van der Waals surface area (Å²) in [7, 11) is 0. The van der Waals surface area contributed by atoms with Crippen LogP contribution in [-0.2, 0) is 16.1 Å². The van der Waals surface area contributed by atoms with Crippen LogP contribution in [0.3, 0.4) is 0 Å². The molecule has 0 bridgehead atoms. The van der Waals surface area contributed by atoms with Crippen molar-refractivity contribution in [3.8, 4) is 5.75 Å². The van der Waals surface area contributed by atoms with Crippen LogP contribution in [0.2, 0.25) is 0 Å². The van der Waals surface area contributed by atoms with Gasteiger partial charge in [0.15, 0.2) is 6.61 Å². The van der Waals surface area contributed by atoms with Crippen LogP contribution in [0.4, 0.5) is 4.39 Å². The number of hydrogen-bond donors (Lipinski definition) is 1. The summed E-state index contributed by atoms with van der Waals surface area (Å²) in [5, 5.41) is 2.88. The van der Waals surface area contributed by atoms with E-state index in [1.807, 2.05) is 32.9 Å². The van der Waals surface area contributed by atoms with E-state index in [2.05, 4.69) is 21.2 Å². The Hall–Kier alpha value is -2.41. The van der Waals surface area contributed by atoms with Crippen molar-refractivity contribution in [2.45, 2.75) is 52.7 Å². The van der Waals surface area contributed by atoms with Gasteiger partial charge in [-0.2, -0.15) is 0 Å². The highest BCUT2D eigenvalue weighted by Crippen LogP contribution is 2.22. The molecule has 0 aliphatic rings. The maximum atomic E-state index is 14.2. The van der Waals surface area contributed by atoms with Gasteiger partial charge in [-0.1, -0.05) is 41.1 Å². The van der Waals surface area contributed by atoms with Crippen molar-refractivity contribution in [1.29, 1.82) is 0 Å². The van der Waals surface area contributed by atoms with Crippen molar-refractivity contribution in [3.05, 3.63) is 63.9 Å². The summed E-state index contributed by atoms with van der Waals surface area (Å²) < 4.78 is 20.8. The lowest BCUT2D eigenvalue weighted by molar-refractivity contribution is -0.142. The molecule has 0 heterocycles. The molecule has 2 aromatic rings. The number of nitrogens with zero attached hydrogens (tertiary/aromatic N) is 1. The van der Waals surface area contributed by atoms with Crippen LogP contribution in [0.5, 0.6) is 5.75 Å². The molecule has 0 aliphatic carbocycles. The van der Waals surface area contributed by atoms with Crippen LogP contribution in [0, 0.1) is 12.7 Å². The number of ether oxygens (including phenoxy) is 1. The zero-order chi connectivity index (χ0) is 22.3. The number of rotatable bonds is 9. The number of halogens is 2. The van der Waals surface area contributed by atoms with E-state index in [0.29, 0.717) is 11.3 Å². The molecule has 2 atom stereocenters. The predicted molar refractivity (Wildman–Crippen MR) is 119 cm³/mol. The van der Waals surface area contributed by atoms with Crippen molar-refractivity contribution in [2.75, 3.05) is 6.61 Å². The van der Waals surface area contributed by atoms with E-state index in [1.54, 1.807) is 31.2 Å². The summed E-state index contributed by atoms with van der Waals surface area (Å²) >= 11 is 3.43. The number of amides is 2. The molecule has 0 fully saturated rings. The number of nitrogens with one attached hydrogen (secondary N) is 1. The molecular weight excluding hydrogens is 451 g/mol. The lowest BCUT2D eigenvalue weighted by Gasteiger charge is -2.29. The maximum absolute atomic E-state index is 14.2. The fourth-order valence-electron chi connectivity index (χ4n) is 2.79. The Labute approximate surface area is 185 Å². The SMILES string of the molecule is CC[C@@H](C)NC(=O)[C@@H](C)N(Cc1ccccc1F)C(=O)COc1ccc(Br)c(C)c1. The molecule has 2 aromatic carbocycles. The molecule has 2 rings (SSSR count). The molecule has 162 valence electrons. The van der Waals surface area contributed by atoms with E-state index in [1.165, 1.54) is 11.0 Å². The fraction of sp³-hybridized carbons (Fsp3) is 0.391. The normalized spacial score (nSPS) is 12.7. The molecular formula is C23H28BrFN2O3. The third kappa shape index (κ3) is 6.55. The fourth-order valence-corrected chi connectivity index (χ4v) is 3.04. The van der Waals surface area contributed by atoms with Gasteiger partial charge in [0.1, 0.15) is 17.6 Å². The van der Waals surface area contributed by atoms with Crippen molar-refractivity contribution >= 4 is 27.7 Å². The molecule has 0 aliphatic heterocycles. The van der Waals surface area contributed by atoms with Gasteiger partial charge in [0.25, 0.3) is 5.91 Å². The Morgan fingerprint density at radius 2 is 1.90 bits per heavy atom. The zero-order valence-corrected chi connectivity index (χ0v) is 19.3. The highest BCUT2D eigenvalue weighted by Gasteiger charge is 2.27. The van der Waals surface area contributed by atoms with Gasteiger partial charge in [-0.15, -0.1) is 0 Å². The largest absolute Gasteiger partial charge is 0.484 e. The number of carbonyl (C=O) groups excluding carboxylic acids is 2. The smallest absolute Gasteiger partial charge is 0.261 e. The second kappa shape index (κ2) is 11.1. The summed E-state index contributed by atoms with van der Waals surface area (Å²) in [5.74, 6) is -0.556. The average molecular weight is 479 g/mol. The van der Waals surface area contributed by atoms with Crippen molar-refractivity contribution in [1.82, 2.24) is 10.2 Å². The highest BCUT2D eigenvalue weighted by atomic mass is 79.9. The van der Waals surface area contributed by atoms with E-state index in [4.69, 9.17) is 4.74 Å². The summed E-state index contributed by atoms with van der Waals surface area (Å²) in [6.07, 6.45) is 0.770.